The number of carbonyl (C=O) groups is 1. The summed E-state index contributed by atoms with van der Waals surface area (Å²) in [6, 6.07) is 3.62. The van der Waals surface area contributed by atoms with Gasteiger partial charge in [0.1, 0.15) is 10.8 Å². The van der Waals surface area contributed by atoms with E-state index >= 15 is 0 Å². The number of amides is 1. The number of carbonyl (C=O) groups excluding carboxylic acids is 1. The van der Waals surface area contributed by atoms with Crippen molar-refractivity contribution in [3.8, 4) is 0 Å². The lowest BCUT2D eigenvalue weighted by Gasteiger charge is -2.19. The molecule has 1 rings (SSSR count). The SMILES string of the molecule is CCNC(=NCc1ccc(Cl)nc1)NCCNC(=O)OC(C)(C)C.I. The van der Waals surface area contributed by atoms with Crippen LogP contribution in [0.5, 0.6) is 0 Å². The summed E-state index contributed by atoms with van der Waals surface area (Å²) in [5, 5.41) is 9.43. The molecule has 25 heavy (non-hydrogen) atoms. The zero-order valence-electron chi connectivity index (χ0n) is 15.1. The number of pyridine rings is 1. The summed E-state index contributed by atoms with van der Waals surface area (Å²) in [7, 11) is 0. The van der Waals surface area contributed by atoms with Crippen molar-refractivity contribution in [2.24, 2.45) is 4.99 Å². The third-order valence-electron chi connectivity index (χ3n) is 2.64. The van der Waals surface area contributed by atoms with Crippen molar-refractivity contribution in [1.82, 2.24) is 20.9 Å². The summed E-state index contributed by atoms with van der Waals surface area (Å²) in [6.07, 6.45) is 1.26. The summed E-state index contributed by atoms with van der Waals surface area (Å²) in [6.45, 7) is 9.65. The lowest BCUT2D eigenvalue weighted by Crippen LogP contribution is -2.42. The molecular formula is C16H27ClIN5O2. The number of hydrogen-bond acceptors (Lipinski definition) is 4. The Kier molecular flexibility index (Phi) is 11.5. The first kappa shape index (κ1) is 23.7. The van der Waals surface area contributed by atoms with Gasteiger partial charge in [-0.3, -0.25) is 0 Å². The monoisotopic (exact) mass is 483 g/mol. The Morgan fingerprint density at radius 1 is 1.24 bits per heavy atom. The van der Waals surface area contributed by atoms with Crippen molar-refractivity contribution in [2.45, 2.75) is 39.8 Å². The lowest BCUT2D eigenvalue weighted by atomic mass is 10.2. The van der Waals surface area contributed by atoms with Gasteiger partial charge in [0.25, 0.3) is 0 Å². The van der Waals surface area contributed by atoms with Gasteiger partial charge in [-0.1, -0.05) is 17.7 Å². The van der Waals surface area contributed by atoms with E-state index in [0.29, 0.717) is 30.7 Å². The first-order valence-corrected chi connectivity index (χ1v) is 8.27. The molecule has 0 spiro atoms. The standard InChI is InChI=1S/C16H26ClN5O2.HI/c1-5-18-14(22-11-12-6-7-13(17)21-10-12)19-8-9-20-15(23)24-16(2,3)4;/h6-7,10H,5,8-9,11H2,1-4H3,(H,20,23)(H2,18,19,22);1H. The van der Waals surface area contributed by atoms with Crippen molar-refractivity contribution in [1.29, 1.82) is 0 Å². The van der Waals surface area contributed by atoms with Crippen molar-refractivity contribution >= 4 is 47.6 Å². The Balaban J connectivity index is 0.00000576. The van der Waals surface area contributed by atoms with Crippen LogP contribution < -0.4 is 16.0 Å². The Labute approximate surface area is 171 Å². The third-order valence-corrected chi connectivity index (χ3v) is 2.86. The molecular weight excluding hydrogens is 457 g/mol. The van der Waals surface area contributed by atoms with E-state index < -0.39 is 11.7 Å². The van der Waals surface area contributed by atoms with Crippen molar-refractivity contribution in [3.63, 3.8) is 0 Å². The van der Waals surface area contributed by atoms with Crippen LogP contribution in [0.2, 0.25) is 5.15 Å². The molecule has 0 aliphatic rings. The van der Waals surface area contributed by atoms with Crippen molar-refractivity contribution in [3.05, 3.63) is 29.0 Å². The molecule has 1 aromatic rings. The Morgan fingerprint density at radius 2 is 1.92 bits per heavy atom. The molecule has 0 aliphatic heterocycles. The number of halogens is 2. The van der Waals surface area contributed by atoms with Gasteiger partial charge in [-0.15, -0.1) is 24.0 Å². The van der Waals surface area contributed by atoms with Crippen LogP contribution >= 0.6 is 35.6 Å². The van der Waals surface area contributed by atoms with E-state index in [9.17, 15) is 4.79 Å². The summed E-state index contributed by atoms with van der Waals surface area (Å²) in [5.74, 6) is 0.665. The number of nitrogens with one attached hydrogen (secondary N) is 3. The molecule has 0 aliphatic carbocycles. The number of hydrogen-bond donors (Lipinski definition) is 3. The predicted octanol–water partition coefficient (Wildman–Crippen LogP) is 2.93. The molecule has 0 atom stereocenters. The molecule has 3 N–H and O–H groups in total. The highest BCUT2D eigenvalue weighted by Gasteiger charge is 2.15. The minimum absolute atomic E-state index is 0. The second kappa shape index (κ2) is 12.1. The van der Waals surface area contributed by atoms with Crippen LogP contribution in [0, 0.1) is 0 Å². The number of guanidine groups is 1. The predicted molar refractivity (Wildman–Crippen MR) is 112 cm³/mol. The molecule has 1 amide bonds. The first-order valence-electron chi connectivity index (χ1n) is 7.89. The van der Waals surface area contributed by atoms with Gasteiger partial charge in [0.05, 0.1) is 6.54 Å². The average Bonchev–Trinajstić information content (AvgIpc) is 2.49. The zero-order chi connectivity index (χ0) is 18.0. The Hall–Kier alpha value is -1.29. The fourth-order valence-corrected chi connectivity index (χ4v) is 1.78. The largest absolute Gasteiger partial charge is 0.444 e. The van der Waals surface area contributed by atoms with Crippen molar-refractivity contribution in [2.75, 3.05) is 19.6 Å². The van der Waals surface area contributed by atoms with Gasteiger partial charge in [0, 0.05) is 25.8 Å². The highest BCUT2D eigenvalue weighted by molar-refractivity contribution is 14.0. The maximum absolute atomic E-state index is 11.5. The molecule has 0 fully saturated rings. The van der Waals surface area contributed by atoms with Gasteiger partial charge >= 0.3 is 6.09 Å². The van der Waals surface area contributed by atoms with E-state index in [1.807, 2.05) is 33.8 Å². The number of aliphatic imine (C=N–C) groups is 1. The normalized spacial score (nSPS) is 11.3. The van der Waals surface area contributed by atoms with E-state index in [-0.39, 0.29) is 24.0 Å². The molecule has 0 bridgehead atoms. The minimum Gasteiger partial charge on any atom is -0.444 e. The van der Waals surface area contributed by atoms with Gasteiger partial charge in [-0.05, 0) is 39.3 Å². The van der Waals surface area contributed by atoms with E-state index in [4.69, 9.17) is 16.3 Å². The van der Waals surface area contributed by atoms with Crippen LogP contribution in [0.25, 0.3) is 0 Å². The lowest BCUT2D eigenvalue weighted by molar-refractivity contribution is 0.0529. The Bertz CT molecular complexity index is 546. The third kappa shape index (κ3) is 11.8. The second-order valence-electron chi connectivity index (χ2n) is 6.04. The summed E-state index contributed by atoms with van der Waals surface area (Å²) >= 11 is 5.76. The molecule has 0 saturated carbocycles. The summed E-state index contributed by atoms with van der Waals surface area (Å²) in [5.41, 5.74) is 0.462. The molecule has 9 heteroatoms. The van der Waals surface area contributed by atoms with E-state index in [0.717, 1.165) is 12.1 Å². The fraction of sp³-hybridized carbons (Fsp3) is 0.562. The number of nitrogens with zero attached hydrogens (tertiary/aromatic N) is 2. The molecule has 0 saturated heterocycles. The molecule has 142 valence electrons. The summed E-state index contributed by atoms with van der Waals surface area (Å²) in [4.78, 5) is 20.0. The Morgan fingerprint density at radius 3 is 2.48 bits per heavy atom. The highest BCUT2D eigenvalue weighted by atomic mass is 127. The molecule has 7 nitrogen and oxygen atoms in total. The summed E-state index contributed by atoms with van der Waals surface area (Å²) < 4.78 is 5.17. The maximum Gasteiger partial charge on any atom is 0.407 e. The van der Waals surface area contributed by atoms with Gasteiger partial charge in [0.2, 0.25) is 0 Å². The van der Waals surface area contributed by atoms with Gasteiger partial charge in [0.15, 0.2) is 5.96 Å². The van der Waals surface area contributed by atoms with E-state index in [2.05, 4.69) is 25.9 Å². The van der Waals surface area contributed by atoms with Crippen LogP contribution in [0.4, 0.5) is 4.79 Å². The van der Waals surface area contributed by atoms with Crippen LogP contribution in [0.3, 0.4) is 0 Å². The zero-order valence-corrected chi connectivity index (χ0v) is 18.1. The first-order chi connectivity index (χ1) is 11.3. The van der Waals surface area contributed by atoms with Crippen LogP contribution in [-0.4, -0.2) is 42.3 Å². The van der Waals surface area contributed by atoms with E-state index in [1.54, 1.807) is 12.3 Å². The van der Waals surface area contributed by atoms with Crippen LogP contribution in [0.15, 0.2) is 23.3 Å². The molecule has 1 heterocycles. The molecule has 0 radical (unpaired) electrons. The molecule has 1 aromatic heterocycles. The number of rotatable bonds is 6. The topological polar surface area (TPSA) is 87.6 Å². The molecule has 0 aromatic carbocycles. The fourth-order valence-electron chi connectivity index (χ4n) is 1.67. The van der Waals surface area contributed by atoms with Gasteiger partial charge in [-0.2, -0.15) is 0 Å². The highest BCUT2D eigenvalue weighted by Crippen LogP contribution is 2.06. The van der Waals surface area contributed by atoms with E-state index in [1.165, 1.54) is 0 Å². The van der Waals surface area contributed by atoms with Crippen LogP contribution in [-0.2, 0) is 11.3 Å². The van der Waals surface area contributed by atoms with Crippen molar-refractivity contribution < 1.29 is 9.53 Å². The number of aromatic nitrogens is 1. The van der Waals surface area contributed by atoms with Crippen LogP contribution in [0.1, 0.15) is 33.3 Å². The molecule has 0 unspecified atom stereocenters. The minimum atomic E-state index is -0.499. The maximum atomic E-state index is 11.5. The number of ether oxygens (including phenoxy) is 1. The second-order valence-corrected chi connectivity index (χ2v) is 6.43. The average molecular weight is 484 g/mol. The smallest absolute Gasteiger partial charge is 0.407 e. The number of alkyl carbamates (subject to hydrolysis) is 1. The van der Waals surface area contributed by atoms with Gasteiger partial charge < -0.3 is 20.7 Å². The van der Waals surface area contributed by atoms with Gasteiger partial charge in [-0.25, -0.2) is 14.8 Å². The quantitative estimate of drug-likeness (QED) is 0.190.